The fraction of sp³-hybridized carbons (Fsp3) is 0.333. The predicted octanol–water partition coefficient (Wildman–Crippen LogP) is 2.55. The fourth-order valence-corrected chi connectivity index (χ4v) is 2.95. The van der Waals surface area contributed by atoms with E-state index in [1.54, 1.807) is 30.6 Å². The highest BCUT2D eigenvalue weighted by atomic mass is 35.5. The summed E-state index contributed by atoms with van der Waals surface area (Å²) in [6.45, 7) is 3.96. The average Bonchev–Trinajstić information content (AvgIpc) is 3.00. The molecule has 0 aliphatic carbocycles. The lowest BCUT2D eigenvalue weighted by Crippen LogP contribution is -2.34. The van der Waals surface area contributed by atoms with Crippen molar-refractivity contribution in [3.05, 3.63) is 41.2 Å². The number of aromatic nitrogens is 3. The molecule has 0 fully saturated rings. The third kappa shape index (κ3) is 4.72. The van der Waals surface area contributed by atoms with Gasteiger partial charge in [-0.2, -0.15) is 0 Å². The van der Waals surface area contributed by atoms with E-state index in [1.807, 2.05) is 18.4 Å². The van der Waals surface area contributed by atoms with E-state index < -0.39 is 17.9 Å². The van der Waals surface area contributed by atoms with E-state index >= 15 is 0 Å². The molecular formula is C15H17ClN4O3S. The maximum absolute atomic E-state index is 12.1. The van der Waals surface area contributed by atoms with Crippen LogP contribution in [0.15, 0.2) is 35.7 Å². The molecule has 2 rings (SSSR count). The number of halogens is 1. The molecule has 1 atom stereocenters. The quantitative estimate of drug-likeness (QED) is 0.729. The largest absolute Gasteiger partial charge is 0.479 e. The molecule has 128 valence electrons. The number of rotatable bonds is 7. The zero-order chi connectivity index (χ0) is 17.7. The van der Waals surface area contributed by atoms with Crippen molar-refractivity contribution >= 4 is 35.2 Å². The monoisotopic (exact) mass is 368 g/mol. The number of nitrogens with one attached hydrogen (secondary N) is 1. The Labute approximate surface area is 148 Å². The molecule has 24 heavy (non-hydrogen) atoms. The Kier molecular flexibility index (Phi) is 6.22. The van der Waals surface area contributed by atoms with E-state index in [9.17, 15) is 14.7 Å². The first kappa shape index (κ1) is 18.3. The summed E-state index contributed by atoms with van der Waals surface area (Å²) in [7, 11) is 0. The number of carbonyl (C=O) groups is 2. The number of carboxylic acids is 1. The Balaban J connectivity index is 1.99. The van der Waals surface area contributed by atoms with E-state index in [0.717, 1.165) is 0 Å². The first-order valence-electron chi connectivity index (χ1n) is 7.18. The van der Waals surface area contributed by atoms with Gasteiger partial charge in [-0.25, -0.2) is 4.79 Å². The molecule has 7 nitrogen and oxygen atoms in total. The molecule has 9 heteroatoms. The molecular weight excluding hydrogens is 352 g/mol. The molecule has 2 N–H and O–H groups in total. The molecule has 1 heterocycles. The number of carboxylic acid groups (broad SMARTS) is 1. The number of carbonyl (C=O) groups excluding carboxylic acids is 1. The molecule has 0 bridgehead atoms. The molecule has 0 radical (unpaired) electrons. The second-order valence-electron chi connectivity index (χ2n) is 5.29. The number of aliphatic carboxylic acids is 1. The van der Waals surface area contributed by atoms with Crippen LogP contribution in [0.25, 0.3) is 0 Å². The van der Waals surface area contributed by atoms with Crippen molar-refractivity contribution in [2.75, 3.05) is 5.75 Å². The van der Waals surface area contributed by atoms with E-state index in [-0.39, 0.29) is 11.8 Å². The number of hydrogen-bond donors (Lipinski definition) is 2. The lowest BCUT2D eigenvalue weighted by molar-refractivity contribution is -0.141. The minimum Gasteiger partial charge on any atom is -0.479 e. The van der Waals surface area contributed by atoms with Crippen LogP contribution in [-0.4, -0.2) is 37.5 Å². The summed E-state index contributed by atoms with van der Waals surface area (Å²) in [4.78, 5) is 23.5. The van der Waals surface area contributed by atoms with Crippen LogP contribution in [-0.2, 0) is 9.59 Å². The van der Waals surface area contributed by atoms with E-state index in [0.29, 0.717) is 15.7 Å². The van der Waals surface area contributed by atoms with Crippen LogP contribution in [0.5, 0.6) is 0 Å². The van der Waals surface area contributed by atoms with Gasteiger partial charge in [-0.05, 0) is 31.5 Å². The summed E-state index contributed by atoms with van der Waals surface area (Å²) >= 11 is 7.00. The summed E-state index contributed by atoms with van der Waals surface area (Å²) in [6, 6.07) is 5.36. The van der Waals surface area contributed by atoms with Gasteiger partial charge in [0.15, 0.2) is 11.2 Å². The number of benzene rings is 1. The van der Waals surface area contributed by atoms with Crippen LogP contribution in [0.2, 0.25) is 5.02 Å². The van der Waals surface area contributed by atoms with Crippen molar-refractivity contribution < 1.29 is 14.7 Å². The first-order chi connectivity index (χ1) is 11.4. The Morgan fingerprint density at radius 3 is 2.58 bits per heavy atom. The van der Waals surface area contributed by atoms with E-state index in [2.05, 4.69) is 15.5 Å². The van der Waals surface area contributed by atoms with Crippen molar-refractivity contribution in [2.24, 2.45) is 0 Å². The molecule has 0 unspecified atom stereocenters. The number of hydrogen-bond acceptors (Lipinski definition) is 5. The van der Waals surface area contributed by atoms with E-state index in [4.69, 9.17) is 11.6 Å². The molecule has 0 aliphatic rings. The molecule has 2 aromatic rings. The maximum Gasteiger partial charge on any atom is 0.330 e. The third-order valence-electron chi connectivity index (χ3n) is 3.18. The average molecular weight is 369 g/mol. The Hall–Kier alpha value is -2.06. The summed E-state index contributed by atoms with van der Waals surface area (Å²) in [6.07, 6.45) is 1.60. The molecule has 0 aliphatic heterocycles. The highest BCUT2D eigenvalue weighted by Gasteiger charge is 2.22. The van der Waals surface area contributed by atoms with Gasteiger partial charge in [-0.1, -0.05) is 35.5 Å². The van der Waals surface area contributed by atoms with Crippen molar-refractivity contribution in [3.8, 4) is 0 Å². The van der Waals surface area contributed by atoms with Crippen LogP contribution in [0, 0.1) is 0 Å². The smallest absolute Gasteiger partial charge is 0.330 e. The predicted molar refractivity (Wildman–Crippen MR) is 91.1 cm³/mol. The zero-order valence-corrected chi connectivity index (χ0v) is 14.7. The van der Waals surface area contributed by atoms with Crippen LogP contribution in [0.1, 0.15) is 31.5 Å². The molecule has 0 spiro atoms. The minimum atomic E-state index is -1.14. The molecule has 1 aromatic carbocycles. The topological polar surface area (TPSA) is 97.1 Å². The number of amides is 1. The normalized spacial score (nSPS) is 12.2. The lowest BCUT2D eigenvalue weighted by Gasteiger charge is -2.15. The Morgan fingerprint density at radius 1 is 1.33 bits per heavy atom. The molecule has 1 aromatic heterocycles. The van der Waals surface area contributed by atoms with Gasteiger partial charge in [0.05, 0.1) is 5.75 Å². The minimum absolute atomic E-state index is 0.0444. The van der Waals surface area contributed by atoms with Crippen LogP contribution in [0.4, 0.5) is 0 Å². The Bertz CT molecular complexity index is 718. The zero-order valence-electron chi connectivity index (χ0n) is 13.1. The van der Waals surface area contributed by atoms with Gasteiger partial charge in [0.2, 0.25) is 5.91 Å². The summed E-state index contributed by atoms with van der Waals surface area (Å²) < 4.78 is 1.84. The summed E-state index contributed by atoms with van der Waals surface area (Å²) in [5.74, 6) is -1.50. The van der Waals surface area contributed by atoms with Gasteiger partial charge in [-0.3, -0.25) is 4.79 Å². The van der Waals surface area contributed by atoms with E-state index in [1.165, 1.54) is 11.8 Å². The number of nitrogens with zero attached hydrogens (tertiary/aromatic N) is 3. The third-order valence-corrected chi connectivity index (χ3v) is 4.39. The molecule has 0 saturated carbocycles. The Morgan fingerprint density at radius 2 is 2.00 bits per heavy atom. The standard InChI is InChI=1S/C15H17ClN4O3S/c1-9(2)20-8-17-19-15(20)24-7-12(21)18-13(14(22)23)10-3-5-11(16)6-4-10/h3-6,8-9,13H,7H2,1-2H3,(H,18,21)(H,22,23)/t13-/m1/s1. The lowest BCUT2D eigenvalue weighted by atomic mass is 10.1. The fourth-order valence-electron chi connectivity index (χ4n) is 1.97. The molecule has 1 amide bonds. The SMILES string of the molecule is CC(C)n1cnnc1SCC(=O)N[C@@H](C(=O)O)c1ccc(Cl)cc1. The van der Waals surface area contributed by atoms with Crippen LogP contribution < -0.4 is 5.32 Å². The highest BCUT2D eigenvalue weighted by molar-refractivity contribution is 7.99. The first-order valence-corrected chi connectivity index (χ1v) is 8.54. The van der Waals surface area contributed by atoms with Gasteiger partial charge in [0, 0.05) is 11.1 Å². The van der Waals surface area contributed by atoms with Crippen molar-refractivity contribution in [3.63, 3.8) is 0 Å². The second kappa shape index (κ2) is 8.16. The second-order valence-corrected chi connectivity index (χ2v) is 6.67. The van der Waals surface area contributed by atoms with Gasteiger partial charge in [0.25, 0.3) is 0 Å². The van der Waals surface area contributed by atoms with Crippen LogP contribution >= 0.6 is 23.4 Å². The van der Waals surface area contributed by atoms with Gasteiger partial charge in [-0.15, -0.1) is 10.2 Å². The van der Waals surface area contributed by atoms with Crippen molar-refractivity contribution in [1.82, 2.24) is 20.1 Å². The maximum atomic E-state index is 12.1. The van der Waals surface area contributed by atoms with Crippen molar-refractivity contribution in [2.45, 2.75) is 31.1 Å². The highest BCUT2D eigenvalue weighted by Crippen LogP contribution is 2.20. The number of thioether (sulfide) groups is 1. The van der Waals surface area contributed by atoms with Crippen molar-refractivity contribution in [1.29, 1.82) is 0 Å². The van der Waals surface area contributed by atoms with Gasteiger partial charge >= 0.3 is 5.97 Å². The molecule has 0 saturated heterocycles. The summed E-state index contributed by atoms with van der Waals surface area (Å²) in [5.41, 5.74) is 0.454. The van der Waals surface area contributed by atoms with Gasteiger partial charge < -0.3 is 15.0 Å². The van der Waals surface area contributed by atoms with Crippen LogP contribution in [0.3, 0.4) is 0 Å². The van der Waals surface area contributed by atoms with Gasteiger partial charge in [0.1, 0.15) is 6.33 Å². The summed E-state index contributed by atoms with van der Waals surface area (Å²) in [5, 5.41) is 20.7.